The Labute approximate surface area is 83.2 Å². The number of aliphatic hydroxyl groups is 1. The average Bonchev–Trinajstić information content (AvgIpc) is 2.03. The molecule has 0 atom stereocenters. The van der Waals surface area contributed by atoms with Crippen LogP contribution in [0, 0.1) is 3.57 Å². The van der Waals surface area contributed by atoms with Gasteiger partial charge in [-0.3, -0.25) is 0 Å². The van der Waals surface area contributed by atoms with Gasteiger partial charge in [-0.05, 0) is 46.4 Å². The molecule has 12 heavy (non-hydrogen) atoms. The van der Waals surface area contributed by atoms with Gasteiger partial charge in [-0.15, -0.1) is 0 Å². The van der Waals surface area contributed by atoms with E-state index in [9.17, 15) is 4.79 Å². The second-order valence-electron chi connectivity index (χ2n) is 2.26. The first-order valence-electron chi connectivity index (χ1n) is 3.27. The molecule has 0 unspecified atom stereocenters. The highest BCUT2D eigenvalue weighted by Gasteiger charge is 2.08. The van der Waals surface area contributed by atoms with Gasteiger partial charge in [0.2, 0.25) is 0 Å². The van der Waals surface area contributed by atoms with Crippen molar-refractivity contribution in [2.24, 2.45) is 0 Å². The summed E-state index contributed by atoms with van der Waals surface area (Å²) in [6.45, 7) is -0.238. The number of carboxylic acids is 1. The fraction of sp³-hybridized carbons (Fsp3) is 0.125. The van der Waals surface area contributed by atoms with E-state index in [1.807, 2.05) is 0 Å². The number of carbonyl (C=O) groups is 1. The third kappa shape index (κ3) is 1.95. The molecule has 1 aromatic carbocycles. The lowest BCUT2D eigenvalue weighted by Gasteiger charge is -2.02. The minimum atomic E-state index is -1.00. The van der Waals surface area contributed by atoms with E-state index in [-0.39, 0.29) is 12.2 Å². The number of halogens is 1. The quantitative estimate of drug-likeness (QED) is 0.806. The first kappa shape index (κ1) is 9.47. The van der Waals surface area contributed by atoms with Gasteiger partial charge < -0.3 is 10.2 Å². The van der Waals surface area contributed by atoms with Crippen LogP contribution >= 0.6 is 22.6 Å². The summed E-state index contributed by atoms with van der Waals surface area (Å²) in [5.41, 5.74) is 0.618. The lowest BCUT2D eigenvalue weighted by Crippen LogP contribution is -2.02. The van der Waals surface area contributed by atoms with Crippen LogP contribution in [0.25, 0.3) is 0 Å². The van der Waals surface area contributed by atoms with Crippen LogP contribution in [0.15, 0.2) is 18.2 Å². The lowest BCUT2D eigenvalue weighted by atomic mass is 10.1. The van der Waals surface area contributed by atoms with Gasteiger partial charge in [0.1, 0.15) is 0 Å². The number of benzene rings is 1. The van der Waals surface area contributed by atoms with Crippen molar-refractivity contribution >= 4 is 28.6 Å². The van der Waals surface area contributed by atoms with Crippen molar-refractivity contribution < 1.29 is 15.0 Å². The van der Waals surface area contributed by atoms with E-state index < -0.39 is 5.97 Å². The van der Waals surface area contributed by atoms with Crippen LogP contribution in [-0.4, -0.2) is 16.2 Å². The third-order valence-electron chi connectivity index (χ3n) is 1.47. The molecule has 0 aliphatic rings. The predicted molar refractivity (Wildman–Crippen MR) is 52.0 cm³/mol. The SMILES string of the molecule is O=C(O)c1ccc(I)cc1CO. The Hall–Kier alpha value is -0.620. The molecule has 2 N–H and O–H groups in total. The molecule has 0 spiro atoms. The number of rotatable bonds is 2. The number of aliphatic hydroxyl groups excluding tert-OH is 1. The fourth-order valence-corrected chi connectivity index (χ4v) is 1.46. The van der Waals surface area contributed by atoms with E-state index in [1.165, 1.54) is 6.07 Å². The molecule has 64 valence electrons. The molecular formula is C8H7IO3. The zero-order valence-corrected chi connectivity index (χ0v) is 8.28. The summed E-state index contributed by atoms with van der Waals surface area (Å²) in [6.07, 6.45) is 0. The normalized spacial score (nSPS) is 9.83. The molecule has 0 aromatic heterocycles. The van der Waals surface area contributed by atoms with Crippen molar-refractivity contribution in [2.45, 2.75) is 6.61 Å². The van der Waals surface area contributed by atoms with Gasteiger partial charge in [0.05, 0.1) is 12.2 Å². The van der Waals surface area contributed by atoms with Crippen molar-refractivity contribution in [2.75, 3.05) is 0 Å². The molecule has 0 bridgehead atoms. The largest absolute Gasteiger partial charge is 0.478 e. The highest BCUT2D eigenvalue weighted by molar-refractivity contribution is 14.1. The summed E-state index contributed by atoms with van der Waals surface area (Å²) in [4.78, 5) is 10.6. The molecule has 0 aliphatic heterocycles. The van der Waals surface area contributed by atoms with E-state index in [1.54, 1.807) is 12.1 Å². The molecule has 0 heterocycles. The highest BCUT2D eigenvalue weighted by atomic mass is 127. The van der Waals surface area contributed by atoms with Gasteiger partial charge >= 0.3 is 5.97 Å². The van der Waals surface area contributed by atoms with Gasteiger partial charge in [0.15, 0.2) is 0 Å². The molecule has 0 saturated carbocycles. The van der Waals surface area contributed by atoms with E-state index in [4.69, 9.17) is 10.2 Å². The van der Waals surface area contributed by atoms with E-state index in [0.717, 1.165) is 3.57 Å². The first-order valence-corrected chi connectivity index (χ1v) is 4.35. The first-order chi connectivity index (χ1) is 5.65. The summed E-state index contributed by atoms with van der Waals surface area (Å²) in [7, 11) is 0. The van der Waals surface area contributed by atoms with Gasteiger partial charge in [0.25, 0.3) is 0 Å². The fourth-order valence-electron chi connectivity index (χ4n) is 0.902. The number of hydrogen-bond acceptors (Lipinski definition) is 2. The molecule has 1 aromatic rings. The second-order valence-corrected chi connectivity index (χ2v) is 3.51. The van der Waals surface area contributed by atoms with Crippen molar-refractivity contribution in [1.82, 2.24) is 0 Å². The molecule has 0 radical (unpaired) electrons. The van der Waals surface area contributed by atoms with Crippen LogP contribution in [0.1, 0.15) is 15.9 Å². The zero-order chi connectivity index (χ0) is 9.14. The summed E-state index contributed by atoms with van der Waals surface area (Å²) >= 11 is 2.06. The van der Waals surface area contributed by atoms with Crippen LogP contribution in [0.2, 0.25) is 0 Å². The molecule has 3 nitrogen and oxygen atoms in total. The summed E-state index contributed by atoms with van der Waals surface area (Å²) < 4.78 is 0.918. The Morgan fingerprint density at radius 3 is 2.67 bits per heavy atom. The van der Waals surface area contributed by atoms with Crippen molar-refractivity contribution in [3.8, 4) is 0 Å². The molecule has 0 fully saturated rings. The molecular weight excluding hydrogens is 271 g/mol. The summed E-state index contributed by atoms with van der Waals surface area (Å²) in [5, 5.41) is 17.5. The monoisotopic (exact) mass is 278 g/mol. The Bertz CT molecular complexity index is 309. The van der Waals surface area contributed by atoms with E-state index in [2.05, 4.69) is 22.6 Å². The van der Waals surface area contributed by atoms with Gasteiger partial charge in [-0.25, -0.2) is 4.79 Å². The topological polar surface area (TPSA) is 57.5 Å². The Balaban J connectivity index is 3.20. The van der Waals surface area contributed by atoms with E-state index >= 15 is 0 Å². The zero-order valence-electron chi connectivity index (χ0n) is 6.12. The van der Waals surface area contributed by atoms with Crippen LogP contribution in [0.4, 0.5) is 0 Å². The summed E-state index contributed by atoms with van der Waals surface area (Å²) in [6, 6.07) is 4.85. The number of hydrogen-bond donors (Lipinski definition) is 2. The van der Waals surface area contributed by atoms with Crippen LogP contribution in [-0.2, 0) is 6.61 Å². The molecule has 0 amide bonds. The Morgan fingerprint density at radius 1 is 1.50 bits per heavy atom. The van der Waals surface area contributed by atoms with Crippen LogP contribution in [0.5, 0.6) is 0 Å². The minimum absolute atomic E-state index is 0.165. The third-order valence-corrected chi connectivity index (χ3v) is 2.14. The molecule has 1 rings (SSSR count). The maximum Gasteiger partial charge on any atom is 0.336 e. The van der Waals surface area contributed by atoms with Crippen molar-refractivity contribution in [3.63, 3.8) is 0 Å². The lowest BCUT2D eigenvalue weighted by molar-refractivity contribution is 0.0693. The van der Waals surface area contributed by atoms with Crippen LogP contribution < -0.4 is 0 Å². The van der Waals surface area contributed by atoms with Crippen molar-refractivity contribution in [1.29, 1.82) is 0 Å². The average molecular weight is 278 g/mol. The smallest absolute Gasteiger partial charge is 0.336 e. The predicted octanol–water partition coefficient (Wildman–Crippen LogP) is 1.48. The molecule has 0 saturated heterocycles. The summed E-state index contributed by atoms with van der Waals surface area (Å²) in [5.74, 6) is -1.00. The second kappa shape index (κ2) is 3.86. The van der Waals surface area contributed by atoms with E-state index in [0.29, 0.717) is 5.56 Å². The van der Waals surface area contributed by atoms with Gasteiger partial charge in [0, 0.05) is 3.57 Å². The van der Waals surface area contributed by atoms with Gasteiger partial charge in [-0.2, -0.15) is 0 Å². The Kier molecular flexibility index (Phi) is 3.05. The number of carboxylic acid groups (broad SMARTS) is 1. The Morgan fingerprint density at radius 2 is 2.17 bits per heavy atom. The minimum Gasteiger partial charge on any atom is -0.478 e. The maximum atomic E-state index is 10.6. The number of aromatic carboxylic acids is 1. The van der Waals surface area contributed by atoms with Crippen LogP contribution in [0.3, 0.4) is 0 Å². The van der Waals surface area contributed by atoms with Gasteiger partial charge in [-0.1, -0.05) is 0 Å². The van der Waals surface area contributed by atoms with Crippen molar-refractivity contribution in [3.05, 3.63) is 32.9 Å². The molecule has 4 heteroatoms. The maximum absolute atomic E-state index is 10.6. The highest BCUT2D eigenvalue weighted by Crippen LogP contribution is 2.13. The standard InChI is InChI=1S/C8H7IO3/c9-6-1-2-7(8(11)12)5(3-6)4-10/h1-3,10H,4H2,(H,11,12). The molecule has 0 aliphatic carbocycles.